The fourth-order valence-corrected chi connectivity index (χ4v) is 3.41. The summed E-state index contributed by atoms with van der Waals surface area (Å²) in [7, 11) is 3.05. The predicted molar refractivity (Wildman–Crippen MR) is 117 cm³/mol. The Morgan fingerprint density at radius 1 is 0.967 bits per heavy atom. The van der Waals surface area contributed by atoms with Gasteiger partial charge in [0.25, 0.3) is 5.91 Å². The topological polar surface area (TPSA) is 73.6 Å². The number of ether oxygens (including phenoxy) is 2. The van der Waals surface area contributed by atoms with E-state index in [2.05, 4.69) is 10.3 Å². The van der Waals surface area contributed by atoms with Crippen molar-refractivity contribution in [1.82, 2.24) is 4.98 Å². The number of hydrogen-bond acceptors (Lipinski definition) is 5. The van der Waals surface area contributed by atoms with Gasteiger partial charge in [0.2, 0.25) is 5.89 Å². The van der Waals surface area contributed by atoms with Crippen molar-refractivity contribution in [3.8, 4) is 23.0 Å². The van der Waals surface area contributed by atoms with E-state index in [1.54, 1.807) is 55.6 Å². The first kappa shape index (κ1) is 20.1. The molecular weight excluding hydrogens is 427 g/mol. The molecule has 0 bridgehead atoms. The lowest BCUT2D eigenvalue weighted by Gasteiger charge is -2.09. The molecule has 0 aliphatic heterocycles. The molecule has 0 radical (unpaired) electrons. The fourth-order valence-electron chi connectivity index (χ4n) is 2.98. The van der Waals surface area contributed by atoms with Crippen molar-refractivity contribution in [2.75, 3.05) is 19.5 Å². The van der Waals surface area contributed by atoms with Crippen molar-refractivity contribution in [2.45, 2.75) is 0 Å². The Balaban J connectivity index is 1.62. The number of amides is 1. The van der Waals surface area contributed by atoms with E-state index in [1.165, 1.54) is 7.11 Å². The Kier molecular flexibility index (Phi) is 5.53. The van der Waals surface area contributed by atoms with E-state index in [9.17, 15) is 4.79 Å². The SMILES string of the molecule is COc1ccc(-c2nc3cc(NC(=O)c4cc(Cl)ccc4OC)ccc3o2)cc1Cl. The van der Waals surface area contributed by atoms with Crippen molar-refractivity contribution in [2.24, 2.45) is 0 Å². The minimum atomic E-state index is -0.348. The first-order valence-corrected chi connectivity index (χ1v) is 9.63. The minimum Gasteiger partial charge on any atom is -0.496 e. The summed E-state index contributed by atoms with van der Waals surface area (Å²) in [6.07, 6.45) is 0. The number of benzene rings is 3. The number of hydrogen-bond donors (Lipinski definition) is 1. The van der Waals surface area contributed by atoms with Crippen LogP contribution in [-0.4, -0.2) is 25.1 Å². The number of nitrogens with one attached hydrogen (secondary N) is 1. The maximum absolute atomic E-state index is 12.7. The quantitative estimate of drug-likeness (QED) is 0.405. The second-order valence-electron chi connectivity index (χ2n) is 6.35. The van der Waals surface area contributed by atoms with Gasteiger partial charge in [-0.3, -0.25) is 4.79 Å². The Morgan fingerprint density at radius 2 is 1.73 bits per heavy atom. The van der Waals surface area contributed by atoms with Gasteiger partial charge in [-0.25, -0.2) is 4.98 Å². The second-order valence-corrected chi connectivity index (χ2v) is 7.19. The van der Waals surface area contributed by atoms with E-state index in [-0.39, 0.29) is 5.91 Å². The first-order valence-electron chi connectivity index (χ1n) is 8.88. The zero-order valence-electron chi connectivity index (χ0n) is 16.0. The van der Waals surface area contributed by atoms with Gasteiger partial charge in [0.05, 0.1) is 24.8 Å². The molecule has 30 heavy (non-hydrogen) atoms. The molecular formula is C22H16Cl2N2O4. The lowest BCUT2D eigenvalue weighted by molar-refractivity contribution is 0.102. The van der Waals surface area contributed by atoms with Gasteiger partial charge in [-0.15, -0.1) is 0 Å². The molecule has 152 valence electrons. The van der Waals surface area contributed by atoms with E-state index in [1.807, 2.05) is 6.07 Å². The molecule has 4 rings (SSSR count). The molecule has 0 atom stereocenters. The van der Waals surface area contributed by atoms with E-state index in [0.29, 0.717) is 55.3 Å². The number of aromatic nitrogens is 1. The van der Waals surface area contributed by atoms with Crippen LogP contribution in [0.25, 0.3) is 22.6 Å². The van der Waals surface area contributed by atoms with Gasteiger partial charge in [-0.1, -0.05) is 23.2 Å². The molecule has 1 aromatic heterocycles. The fraction of sp³-hybridized carbons (Fsp3) is 0.0909. The van der Waals surface area contributed by atoms with Gasteiger partial charge in [-0.05, 0) is 54.6 Å². The highest BCUT2D eigenvalue weighted by Gasteiger charge is 2.15. The summed E-state index contributed by atoms with van der Waals surface area (Å²) in [6.45, 7) is 0. The molecule has 4 aromatic rings. The van der Waals surface area contributed by atoms with Crippen LogP contribution >= 0.6 is 23.2 Å². The Labute approximate surface area is 182 Å². The molecule has 0 unspecified atom stereocenters. The molecule has 0 saturated heterocycles. The molecule has 1 heterocycles. The Hall–Kier alpha value is -3.22. The summed E-state index contributed by atoms with van der Waals surface area (Å²) in [4.78, 5) is 17.2. The highest BCUT2D eigenvalue weighted by atomic mass is 35.5. The summed E-state index contributed by atoms with van der Waals surface area (Å²) >= 11 is 12.2. The van der Waals surface area contributed by atoms with E-state index < -0.39 is 0 Å². The molecule has 8 heteroatoms. The smallest absolute Gasteiger partial charge is 0.259 e. The highest BCUT2D eigenvalue weighted by Crippen LogP contribution is 2.32. The first-order chi connectivity index (χ1) is 14.5. The maximum atomic E-state index is 12.7. The van der Waals surface area contributed by atoms with Gasteiger partial charge in [0.15, 0.2) is 5.58 Å². The van der Waals surface area contributed by atoms with E-state index in [0.717, 1.165) is 0 Å². The zero-order chi connectivity index (χ0) is 21.3. The molecule has 1 N–H and O–H groups in total. The van der Waals surface area contributed by atoms with Gasteiger partial charge < -0.3 is 19.2 Å². The number of nitrogens with zero attached hydrogens (tertiary/aromatic N) is 1. The molecule has 0 fully saturated rings. The summed E-state index contributed by atoms with van der Waals surface area (Å²) in [6, 6.07) is 15.3. The van der Waals surface area contributed by atoms with Crippen molar-refractivity contribution in [1.29, 1.82) is 0 Å². The third kappa shape index (κ3) is 3.92. The number of oxazole rings is 1. The number of halogens is 2. The third-order valence-electron chi connectivity index (χ3n) is 4.45. The Bertz CT molecular complexity index is 1250. The Morgan fingerprint density at radius 3 is 2.47 bits per heavy atom. The van der Waals surface area contributed by atoms with Crippen LogP contribution in [0.4, 0.5) is 5.69 Å². The molecule has 6 nitrogen and oxygen atoms in total. The summed E-state index contributed by atoms with van der Waals surface area (Å²) < 4.78 is 16.2. The van der Waals surface area contributed by atoms with Crippen molar-refractivity contribution in [3.63, 3.8) is 0 Å². The average Bonchev–Trinajstić information content (AvgIpc) is 3.17. The van der Waals surface area contributed by atoms with Gasteiger partial charge in [0.1, 0.15) is 17.0 Å². The van der Waals surface area contributed by atoms with Crippen molar-refractivity contribution in [3.05, 3.63) is 70.2 Å². The van der Waals surface area contributed by atoms with Crippen LogP contribution in [0.3, 0.4) is 0 Å². The van der Waals surface area contributed by atoms with Crippen LogP contribution in [0.1, 0.15) is 10.4 Å². The molecule has 0 spiro atoms. The number of anilines is 1. The van der Waals surface area contributed by atoms with Crippen LogP contribution in [0.5, 0.6) is 11.5 Å². The predicted octanol–water partition coefficient (Wildman–Crippen LogP) is 6.07. The van der Waals surface area contributed by atoms with Crippen LogP contribution < -0.4 is 14.8 Å². The van der Waals surface area contributed by atoms with Crippen LogP contribution in [-0.2, 0) is 0 Å². The standard InChI is InChI=1S/C22H16Cl2N2O4/c1-28-18-7-4-13(23)10-15(18)21(27)25-14-5-8-20-17(11-14)26-22(30-20)12-3-6-19(29-2)16(24)9-12/h3-11H,1-2H3,(H,25,27). The second kappa shape index (κ2) is 8.26. The van der Waals surface area contributed by atoms with Gasteiger partial charge in [0, 0.05) is 16.3 Å². The number of rotatable bonds is 5. The molecule has 3 aromatic carbocycles. The van der Waals surface area contributed by atoms with Crippen LogP contribution in [0.15, 0.2) is 59.0 Å². The number of carbonyl (C=O) groups excluding carboxylic acids is 1. The summed E-state index contributed by atoms with van der Waals surface area (Å²) in [5.74, 6) is 1.06. The summed E-state index contributed by atoms with van der Waals surface area (Å²) in [5, 5.41) is 3.73. The van der Waals surface area contributed by atoms with Crippen molar-refractivity contribution < 1.29 is 18.7 Å². The van der Waals surface area contributed by atoms with Crippen LogP contribution in [0, 0.1) is 0 Å². The highest BCUT2D eigenvalue weighted by molar-refractivity contribution is 6.32. The normalized spacial score (nSPS) is 10.8. The van der Waals surface area contributed by atoms with Gasteiger partial charge >= 0.3 is 0 Å². The number of carbonyl (C=O) groups is 1. The molecule has 0 saturated carbocycles. The maximum Gasteiger partial charge on any atom is 0.259 e. The van der Waals surface area contributed by atoms with Gasteiger partial charge in [-0.2, -0.15) is 0 Å². The van der Waals surface area contributed by atoms with E-state index in [4.69, 9.17) is 37.1 Å². The zero-order valence-corrected chi connectivity index (χ0v) is 17.5. The largest absolute Gasteiger partial charge is 0.496 e. The van der Waals surface area contributed by atoms with Crippen LogP contribution in [0.2, 0.25) is 10.0 Å². The lowest BCUT2D eigenvalue weighted by Crippen LogP contribution is -2.13. The average molecular weight is 443 g/mol. The number of methoxy groups -OCH3 is 2. The third-order valence-corrected chi connectivity index (χ3v) is 4.98. The molecule has 1 amide bonds. The van der Waals surface area contributed by atoms with E-state index >= 15 is 0 Å². The monoisotopic (exact) mass is 442 g/mol. The number of fused-ring (bicyclic) bond motifs is 1. The molecule has 0 aliphatic carbocycles. The minimum absolute atomic E-state index is 0.332. The van der Waals surface area contributed by atoms with Crippen molar-refractivity contribution >= 4 is 45.9 Å². The molecule has 0 aliphatic rings. The lowest BCUT2D eigenvalue weighted by atomic mass is 10.1. The summed E-state index contributed by atoms with van der Waals surface area (Å²) in [5.41, 5.74) is 2.77.